The van der Waals surface area contributed by atoms with Crippen LogP contribution in [-0.4, -0.2) is 17.0 Å². The molecule has 0 bridgehead atoms. The minimum absolute atomic E-state index is 0.327. The molecule has 0 atom stereocenters. The number of carboxylic acids is 1. The van der Waals surface area contributed by atoms with Gasteiger partial charge in [0, 0.05) is 15.8 Å². The first-order valence-corrected chi connectivity index (χ1v) is 6.57. The minimum Gasteiger partial charge on any atom is -0.478 e. The summed E-state index contributed by atoms with van der Waals surface area (Å²) in [6.07, 6.45) is 0. The smallest absolute Gasteiger partial charge is 0.338 e. The predicted molar refractivity (Wildman–Crippen MR) is 79.3 cm³/mol. The van der Waals surface area contributed by atoms with Crippen LogP contribution in [0.15, 0.2) is 40.9 Å². The lowest BCUT2D eigenvalue weighted by atomic mass is 10.1. The molecule has 108 valence electrons. The lowest BCUT2D eigenvalue weighted by Crippen LogP contribution is -2.11. The number of carbonyl (C=O) groups excluding carboxylic acids is 1. The molecule has 0 aliphatic heterocycles. The van der Waals surface area contributed by atoms with Gasteiger partial charge in [0.25, 0.3) is 0 Å². The predicted octanol–water partition coefficient (Wildman–Crippen LogP) is 3.13. The van der Waals surface area contributed by atoms with Gasteiger partial charge in [-0.3, -0.25) is 4.79 Å². The third-order valence-corrected chi connectivity index (χ3v) is 3.38. The quantitative estimate of drug-likeness (QED) is 0.787. The summed E-state index contributed by atoms with van der Waals surface area (Å²) in [6.45, 7) is 0. The van der Waals surface area contributed by atoms with E-state index in [-0.39, 0.29) is 0 Å². The molecule has 21 heavy (non-hydrogen) atoms. The highest BCUT2D eigenvalue weighted by Gasteiger charge is 2.11. The Bertz CT molecular complexity index is 673. The molecule has 0 aliphatic rings. The number of anilines is 2. The fraction of sp³-hybridized carbons (Fsp3) is 0. The van der Waals surface area contributed by atoms with Crippen molar-refractivity contribution >= 4 is 39.2 Å². The van der Waals surface area contributed by atoms with Gasteiger partial charge in [-0.25, -0.2) is 9.18 Å². The Morgan fingerprint density at radius 2 is 1.67 bits per heavy atom. The van der Waals surface area contributed by atoms with Crippen molar-refractivity contribution in [3.05, 3.63) is 57.8 Å². The van der Waals surface area contributed by atoms with Crippen molar-refractivity contribution in [2.75, 3.05) is 5.32 Å². The molecular formula is C14H10BrFN2O3. The number of hydrogen-bond acceptors (Lipinski definition) is 3. The first-order valence-electron chi connectivity index (χ1n) is 5.77. The molecule has 0 radical (unpaired) electrons. The van der Waals surface area contributed by atoms with E-state index in [4.69, 9.17) is 10.8 Å². The molecule has 2 aromatic rings. The molecule has 0 heterocycles. The van der Waals surface area contributed by atoms with Crippen LogP contribution in [0.3, 0.4) is 0 Å². The molecule has 7 heteroatoms. The number of hydrogen-bond donors (Lipinski definition) is 3. The maximum Gasteiger partial charge on any atom is 0.338 e. The Labute approximate surface area is 127 Å². The van der Waals surface area contributed by atoms with Gasteiger partial charge in [0.15, 0.2) is 0 Å². The van der Waals surface area contributed by atoms with E-state index < -0.39 is 23.3 Å². The van der Waals surface area contributed by atoms with E-state index in [1.807, 2.05) is 0 Å². The Balaban J connectivity index is 2.26. The van der Waals surface area contributed by atoms with Crippen molar-refractivity contribution in [2.24, 2.45) is 5.73 Å². The topological polar surface area (TPSA) is 92.4 Å². The summed E-state index contributed by atoms with van der Waals surface area (Å²) in [5.41, 5.74) is 6.09. The average molecular weight is 353 g/mol. The third kappa shape index (κ3) is 3.38. The normalized spacial score (nSPS) is 10.2. The molecule has 0 saturated heterocycles. The fourth-order valence-corrected chi connectivity index (χ4v) is 2.30. The third-order valence-electron chi connectivity index (χ3n) is 2.72. The summed E-state index contributed by atoms with van der Waals surface area (Å²) in [5, 5.41) is 11.7. The van der Waals surface area contributed by atoms with E-state index in [0.29, 0.717) is 21.4 Å². The molecule has 0 fully saturated rings. The zero-order valence-electron chi connectivity index (χ0n) is 10.6. The van der Waals surface area contributed by atoms with E-state index in [9.17, 15) is 14.0 Å². The van der Waals surface area contributed by atoms with Crippen LogP contribution in [-0.2, 0) is 0 Å². The van der Waals surface area contributed by atoms with E-state index in [1.54, 1.807) is 12.1 Å². The Morgan fingerprint density at radius 3 is 2.14 bits per heavy atom. The zero-order valence-corrected chi connectivity index (χ0v) is 12.1. The summed E-state index contributed by atoms with van der Waals surface area (Å²) in [7, 11) is 0. The van der Waals surface area contributed by atoms with E-state index >= 15 is 0 Å². The molecule has 0 saturated carbocycles. The number of benzene rings is 2. The van der Waals surface area contributed by atoms with Gasteiger partial charge in [0.05, 0.1) is 11.1 Å². The summed E-state index contributed by atoms with van der Waals surface area (Å²) in [4.78, 5) is 21.8. The van der Waals surface area contributed by atoms with Gasteiger partial charge in [-0.05, 0) is 52.3 Å². The van der Waals surface area contributed by atoms with Gasteiger partial charge in [0.2, 0.25) is 5.91 Å². The van der Waals surface area contributed by atoms with Crippen molar-refractivity contribution in [3.8, 4) is 0 Å². The molecule has 0 aliphatic carbocycles. The van der Waals surface area contributed by atoms with Gasteiger partial charge in [-0.15, -0.1) is 0 Å². The standard InChI is InChI=1S/C14H10BrFN2O3/c15-11-5-7(1-3-9(11)13(17)19)18-8-2-4-10(14(20)21)12(16)6-8/h1-6,18H,(H2,17,19)(H,20,21). The summed E-state index contributed by atoms with van der Waals surface area (Å²) >= 11 is 3.21. The lowest BCUT2D eigenvalue weighted by molar-refractivity contribution is 0.0691. The summed E-state index contributed by atoms with van der Waals surface area (Å²) < 4.78 is 14.1. The monoisotopic (exact) mass is 352 g/mol. The van der Waals surface area contributed by atoms with E-state index in [0.717, 1.165) is 6.07 Å². The molecule has 2 rings (SSSR count). The highest BCUT2D eigenvalue weighted by molar-refractivity contribution is 9.10. The molecular weight excluding hydrogens is 343 g/mol. The number of carbonyl (C=O) groups is 2. The number of carboxylic acid groups (broad SMARTS) is 1. The molecule has 5 nitrogen and oxygen atoms in total. The maximum absolute atomic E-state index is 13.6. The number of primary amides is 1. The summed E-state index contributed by atoms with van der Waals surface area (Å²) in [5.74, 6) is -2.72. The Hall–Kier alpha value is -2.41. The second kappa shape index (κ2) is 5.92. The molecule has 0 aromatic heterocycles. The summed E-state index contributed by atoms with van der Waals surface area (Å²) in [6, 6.07) is 8.45. The van der Waals surface area contributed by atoms with Crippen molar-refractivity contribution in [3.63, 3.8) is 0 Å². The van der Waals surface area contributed by atoms with Crippen LogP contribution in [0.1, 0.15) is 20.7 Å². The van der Waals surface area contributed by atoms with E-state index in [2.05, 4.69) is 21.2 Å². The number of halogens is 2. The minimum atomic E-state index is -1.33. The second-order valence-electron chi connectivity index (χ2n) is 4.18. The van der Waals surface area contributed by atoms with Crippen molar-refractivity contribution in [2.45, 2.75) is 0 Å². The Kier molecular flexibility index (Phi) is 4.23. The zero-order chi connectivity index (χ0) is 15.6. The fourth-order valence-electron chi connectivity index (χ4n) is 1.73. The van der Waals surface area contributed by atoms with Crippen molar-refractivity contribution in [1.82, 2.24) is 0 Å². The highest BCUT2D eigenvalue weighted by atomic mass is 79.9. The van der Waals surface area contributed by atoms with Gasteiger partial charge in [0.1, 0.15) is 5.82 Å². The molecule has 0 unspecified atom stereocenters. The Morgan fingerprint density at radius 1 is 1.10 bits per heavy atom. The van der Waals surface area contributed by atoms with Crippen LogP contribution < -0.4 is 11.1 Å². The number of nitrogens with two attached hydrogens (primary N) is 1. The van der Waals surface area contributed by atoms with Gasteiger partial charge >= 0.3 is 5.97 Å². The van der Waals surface area contributed by atoms with Crippen LogP contribution in [0.2, 0.25) is 0 Å². The second-order valence-corrected chi connectivity index (χ2v) is 5.04. The van der Waals surface area contributed by atoms with E-state index in [1.165, 1.54) is 18.2 Å². The highest BCUT2D eigenvalue weighted by Crippen LogP contribution is 2.25. The number of amides is 1. The van der Waals surface area contributed by atoms with Crippen molar-refractivity contribution in [1.29, 1.82) is 0 Å². The van der Waals surface area contributed by atoms with Crippen LogP contribution in [0.4, 0.5) is 15.8 Å². The van der Waals surface area contributed by atoms with Crippen LogP contribution >= 0.6 is 15.9 Å². The van der Waals surface area contributed by atoms with Gasteiger partial charge < -0.3 is 16.2 Å². The first kappa shape index (κ1) is 15.0. The van der Waals surface area contributed by atoms with Crippen LogP contribution in [0.25, 0.3) is 0 Å². The molecule has 0 spiro atoms. The van der Waals surface area contributed by atoms with Crippen LogP contribution in [0, 0.1) is 5.82 Å². The van der Waals surface area contributed by atoms with Gasteiger partial charge in [-0.2, -0.15) is 0 Å². The molecule has 2 aromatic carbocycles. The van der Waals surface area contributed by atoms with Gasteiger partial charge in [-0.1, -0.05) is 0 Å². The van der Waals surface area contributed by atoms with Crippen molar-refractivity contribution < 1.29 is 19.1 Å². The SMILES string of the molecule is NC(=O)c1ccc(Nc2ccc(C(=O)O)c(F)c2)cc1Br. The molecule has 4 N–H and O–H groups in total. The first-order chi connectivity index (χ1) is 9.88. The average Bonchev–Trinajstić information content (AvgIpc) is 2.37. The van der Waals surface area contributed by atoms with Crippen LogP contribution in [0.5, 0.6) is 0 Å². The largest absolute Gasteiger partial charge is 0.478 e. The number of nitrogens with one attached hydrogen (secondary N) is 1. The lowest BCUT2D eigenvalue weighted by Gasteiger charge is -2.09. The number of aromatic carboxylic acids is 1. The number of rotatable bonds is 4. The maximum atomic E-state index is 13.6. The molecule has 1 amide bonds.